The molecule has 0 saturated carbocycles. The van der Waals surface area contributed by atoms with Gasteiger partial charge in [-0.25, -0.2) is 0 Å². The SMILES string of the molecule is Cc1cc(C(C)(C)c2ccc(OCC(O)COC(C)C)cc2)ccc1OCCCCl. The first-order chi connectivity index (χ1) is 14.2. The highest BCUT2D eigenvalue weighted by molar-refractivity contribution is 6.17. The summed E-state index contributed by atoms with van der Waals surface area (Å²) in [6.45, 7) is 11.5. The lowest BCUT2D eigenvalue weighted by Gasteiger charge is -2.27. The highest BCUT2D eigenvalue weighted by atomic mass is 35.5. The molecule has 1 unspecified atom stereocenters. The van der Waals surface area contributed by atoms with E-state index in [0.29, 0.717) is 12.5 Å². The van der Waals surface area contributed by atoms with Crippen molar-refractivity contribution in [3.05, 3.63) is 59.2 Å². The van der Waals surface area contributed by atoms with Crippen LogP contribution in [0.25, 0.3) is 0 Å². The van der Waals surface area contributed by atoms with Gasteiger partial charge in [-0.3, -0.25) is 0 Å². The third-order valence-electron chi connectivity index (χ3n) is 5.07. The van der Waals surface area contributed by atoms with Crippen LogP contribution in [0.5, 0.6) is 11.5 Å². The van der Waals surface area contributed by atoms with E-state index in [1.807, 2.05) is 32.0 Å². The second-order valence-electron chi connectivity index (χ2n) is 8.37. The molecule has 0 amide bonds. The Morgan fingerprint density at radius 2 is 1.63 bits per heavy atom. The van der Waals surface area contributed by atoms with E-state index in [0.717, 1.165) is 23.5 Å². The number of aliphatic hydroxyl groups is 1. The van der Waals surface area contributed by atoms with Crippen LogP contribution in [-0.2, 0) is 10.2 Å². The molecule has 2 aromatic rings. The summed E-state index contributed by atoms with van der Waals surface area (Å²) in [5.41, 5.74) is 3.36. The van der Waals surface area contributed by atoms with Crippen molar-refractivity contribution >= 4 is 11.6 Å². The fourth-order valence-electron chi connectivity index (χ4n) is 3.12. The van der Waals surface area contributed by atoms with Gasteiger partial charge in [0.2, 0.25) is 0 Å². The summed E-state index contributed by atoms with van der Waals surface area (Å²) in [5.74, 6) is 2.25. The molecule has 0 aliphatic heterocycles. The zero-order valence-corrected chi connectivity index (χ0v) is 19.5. The lowest BCUT2D eigenvalue weighted by atomic mass is 9.77. The first-order valence-corrected chi connectivity index (χ1v) is 11.1. The maximum absolute atomic E-state index is 9.94. The fraction of sp³-hybridized carbons (Fsp3) is 0.520. The van der Waals surface area contributed by atoms with Crippen molar-refractivity contribution in [1.29, 1.82) is 0 Å². The molecule has 0 saturated heterocycles. The van der Waals surface area contributed by atoms with Crippen molar-refractivity contribution in [1.82, 2.24) is 0 Å². The van der Waals surface area contributed by atoms with Gasteiger partial charge >= 0.3 is 0 Å². The van der Waals surface area contributed by atoms with Crippen molar-refractivity contribution in [2.45, 2.75) is 58.7 Å². The molecule has 0 bridgehead atoms. The number of alkyl halides is 1. The van der Waals surface area contributed by atoms with Crippen molar-refractivity contribution in [2.24, 2.45) is 0 Å². The monoisotopic (exact) mass is 434 g/mol. The number of halogens is 1. The van der Waals surface area contributed by atoms with Crippen LogP contribution in [0.1, 0.15) is 50.8 Å². The van der Waals surface area contributed by atoms with Crippen molar-refractivity contribution in [3.63, 3.8) is 0 Å². The molecule has 0 fully saturated rings. The average molecular weight is 435 g/mol. The number of aryl methyl sites for hydroxylation is 1. The largest absolute Gasteiger partial charge is 0.493 e. The van der Waals surface area contributed by atoms with Crippen molar-refractivity contribution in [3.8, 4) is 11.5 Å². The van der Waals surface area contributed by atoms with Gasteiger partial charge in [0, 0.05) is 11.3 Å². The summed E-state index contributed by atoms with van der Waals surface area (Å²) >= 11 is 5.73. The molecule has 1 atom stereocenters. The average Bonchev–Trinajstić information content (AvgIpc) is 2.72. The Morgan fingerprint density at radius 3 is 2.23 bits per heavy atom. The zero-order chi connectivity index (χ0) is 22.1. The number of ether oxygens (including phenoxy) is 3. The number of rotatable bonds is 12. The highest BCUT2D eigenvalue weighted by Gasteiger charge is 2.24. The predicted molar refractivity (Wildman–Crippen MR) is 123 cm³/mol. The van der Waals surface area contributed by atoms with Gasteiger partial charge < -0.3 is 19.3 Å². The van der Waals surface area contributed by atoms with Crippen LogP contribution in [0, 0.1) is 6.92 Å². The van der Waals surface area contributed by atoms with Gasteiger partial charge in [-0.15, -0.1) is 11.6 Å². The molecule has 30 heavy (non-hydrogen) atoms. The molecule has 2 aromatic carbocycles. The molecule has 2 rings (SSSR count). The van der Waals surface area contributed by atoms with Crippen LogP contribution in [0.4, 0.5) is 0 Å². The summed E-state index contributed by atoms with van der Waals surface area (Å²) in [5, 5.41) is 9.94. The Bertz CT molecular complexity index is 771. The minimum Gasteiger partial charge on any atom is -0.493 e. The summed E-state index contributed by atoms with van der Waals surface area (Å²) in [6, 6.07) is 14.4. The van der Waals surface area contributed by atoms with Gasteiger partial charge in [0.25, 0.3) is 0 Å². The Labute approximate surface area is 186 Å². The van der Waals surface area contributed by atoms with Crippen LogP contribution >= 0.6 is 11.6 Å². The first kappa shape index (κ1) is 24.5. The van der Waals surface area contributed by atoms with E-state index < -0.39 is 6.10 Å². The summed E-state index contributed by atoms with van der Waals surface area (Å²) < 4.78 is 16.9. The lowest BCUT2D eigenvalue weighted by Crippen LogP contribution is -2.25. The molecule has 0 spiro atoms. The van der Waals surface area contributed by atoms with Gasteiger partial charge in [0.15, 0.2) is 0 Å². The van der Waals surface area contributed by atoms with Crippen molar-refractivity contribution < 1.29 is 19.3 Å². The van der Waals surface area contributed by atoms with E-state index in [1.165, 1.54) is 11.1 Å². The molecule has 1 N–H and O–H groups in total. The zero-order valence-electron chi connectivity index (χ0n) is 18.8. The minimum absolute atomic E-state index is 0.0936. The van der Waals surface area contributed by atoms with Gasteiger partial charge in [-0.1, -0.05) is 38.1 Å². The van der Waals surface area contributed by atoms with E-state index in [4.69, 9.17) is 25.8 Å². The van der Waals surface area contributed by atoms with Gasteiger partial charge in [0.05, 0.1) is 19.3 Å². The van der Waals surface area contributed by atoms with E-state index in [9.17, 15) is 5.11 Å². The second kappa shape index (κ2) is 11.6. The first-order valence-electron chi connectivity index (χ1n) is 10.6. The molecule has 166 valence electrons. The minimum atomic E-state index is -0.642. The normalized spacial score (nSPS) is 12.8. The van der Waals surface area contributed by atoms with Gasteiger partial charge in [-0.05, 0) is 62.1 Å². The summed E-state index contributed by atoms with van der Waals surface area (Å²) in [7, 11) is 0. The molecule has 0 aromatic heterocycles. The van der Waals surface area contributed by atoms with E-state index >= 15 is 0 Å². The quantitative estimate of drug-likeness (QED) is 0.354. The number of aliphatic hydroxyl groups excluding tert-OH is 1. The number of benzene rings is 2. The maximum atomic E-state index is 9.94. The molecular weight excluding hydrogens is 400 g/mol. The topological polar surface area (TPSA) is 47.9 Å². The molecule has 5 heteroatoms. The van der Waals surface area contributed by atoms with Crippen LogP contribution in [0.2, 0.25) is 0 Å². The van der Waals surface area contributed by atoms with Crippen LogP contribution in [-0.4, -0.2) is 43.0 Å². The fourth-order valence-corrected chi connectivity index (χ4v) is 3.22. The van der Waals surface area contributed by atoms with Crippen LogP contribution < -0.4 is 9.47 Å². The molecule has 4 nitrogen and oxygen atoms in total. The van der Waals surface area contributed by atoms with Gasteiger partial charge in [0.1, 0.15) is 24.2 Å². The number of hydrogen-bond donors (Lipinski definition) is 1. The van der Waals surface area contributed by atoms with Crippen LogP contribution in [0.15, 0.2) is 42.5 Å². The van der Waals surface area contributed by atoms with Crippen LogP contribution in [0.3, 0.4) is 0 Å². The Balaban J connectivity index is 2.01. The molecular formula is C25H35ClO4. The Kier molecular flexibility index (Phi) is 9.47. The summed E-state index contributed by atoms with van der Waals surface area (Å²) in [6.07, 6.45) is 0.289. The Morgan fingerprint density at radius 1 is 0.967 bits per heavy atom. The second-order valence-corrected chi connectivity index (χ2v) is 8.75. The van der Waals surface area contributed by atoms with E-state index in [2.05, 4.69) is 45.0 Å². The Hall–Kier alpha value is -1.75. The number of hydrogen-bond acceptors (Lipinski definition) is 4. The molecule has 0 aliphatic carbocycles. The lowest BCUT2D eigenvalue weighted by molar-refractivity contribution is -0.0122. The highest BCUT2D eigenvalue weighted by Crippen LogP contribution is 2.34. The maximum Gasteiger partial charge on any atom is 0.122 e. The third kappa shape index (κ3) is 7.19. The molecule has 0 radical (unpaired) electrons. The third-order valence-corrected chi connectivity index (χ3v) is 5.34. The molecule has 0 heterocycles. The molecule has 0 aliphatic rings. The summed E-state index contributed by atoms with van der Waals surface area (Å²) in [4.78, 5) is 0. The standard InChI is InChI=1S/C25H35ClO4/c1-18(2)29-16-22(27)17-30-23-10-7-20(8-11-23)25(4,5)21-9-12-24(19(3)15-21)28-14-6-13-26/h7-12,15,18,22,27H,6,13-14,16-17H2,1-5H3. The smallest absolute Gasteiger partial charge is 0.122 e. The van der Waals surface area contributed by atoms with E-state index in [1.54, 1.807) is 0 Å². The van der Waals surface area contributed by atoms with Crippen molar-refractivity contribution in [2.75, 3.05) is 25.7 Å². The van der Waals surface area contributed by atoms with E-state index in [-0.39, 0.29) is 24.7 Å². The van der Waals surface area contributed by atoms with Gasteiger partial charge in [-0.2, -0.15) is 0 Å². The predicted octanol–water partition coefficient (Wildman–Crippen LogP) is 5.49.